The van der Waals surface area contributed by atoms with Gasteiger partial charge in [0.05, 0.1) is 12.2 Å². The molecule has 0 aliphatic heterocycles. The predicted molar refractivity (Wildman–Crippen MR) is 139 cm³/mol. The second-order valence-corrected chi connectivity index (χ2v) is 9.22. The maximum Gasteiger partial charge on any atom is 0.333 e. The van der Waals surface area contributed by atoms with Crippen LogP contribution in [0.15, 0.2) is 76.6 Å². The van der Waals surface area contributed by atoms with Crippen LogP contribution in [0.1, 0.15) is 19.4 Å². The van der Waals surface area contributed by atoms with Crippen molar-refractivity contribution >= 4 is 27.7 Å². The minimum Gasteiger partial charge on any atom is -0.368 e. The Balaban J connectivity index is 1.86. The Hall–Kier alpha value is -4.53. The van der Waals surface area contributed by atoms with Crippen molar-refractivity contribution in [2.75, 3.05) is 0 Å². The second-order valence-electron chi connectivity index (χ2n) is 9.22. The maximum atomic E-state index is 13.7. The van der Waals surface area contributed by atoms with Crippen LogP contribution in [0, 0.1) is 5.92 Å². The molecular weight excluding hydrogens is 456 g/mol. The first-order valence-corrected chi connectivity index (χ1v) is 11.7. The SMILES string of the molecule is CC(C)Cn1c(=O)n(CC(N)=O)c(=O)c2c(-c3ccncc3)n(Cc3cccc4ccccc34)nc21. The van der Waals surface area contributed by atoms with Gasteiger partial charge in [-0.05, 0) is 34.4 Å². The summed E-state index contributed by atoms with van der Waals surface area (Å²) in [5.41, 5.74) is 6.78. The molecule has 0 spiro atoms. The zero-order valence-corrected chi connectivity index (χ0v) is 20.1. The van der Waals surface area contributed by atoms with E-state index in [1.54, 1.807) is 29.2 Å². The van der Waals surface area contributed by atoms with Crippen LogP contribution in [0.2, 0.25) is 0 Å². The summed E-state index contributed by atoms with van der Waals surface area (Å²) in [6.07, 6.45) is 3.28. The number of amides is 1. The smallest absolute Gasteiger partial charge is 0.333 e. The fourth-order valence-corrected chi connectivity index (χ4v) is 4.63. The molecule has 0 bridgehead atoms. The molecule has 182 valence electrons. The fourth-order valence-electron chi connectivity index (χ4n) is 4.63. The molecule has 36 heavy (non-hydrogen) atoms. The topological polar surface area (TPSA) is 118 Å². The van der Waals surface area contributed by atoms with E-state index in [0.29, 0.717) is 18.8 Å². The Morgan fingerprint density at radius 2 is 1.69 bits per heavy atom. The number of hydrogen-bond acceptors (Lipinski definition) is 5. The molecule has 0 unspecified atom stereocenters. The van der Waals surface area contributed by atoms with Crippen LogP contribution in [0.25, 0.3) is 33.1 Å². The summed E-state index contributed by atoms with van der Waals surface area (Å²) in [5, 5.41) is 7.25. The van der Waals surface area contributed by atoms with Crippen LogP contribution in [-0.2, 0) is 24.4 Å². The highest BCUT2D eigenvalue weighted by Gasteiger charge is 2.24. The van der Waals surface area contributed by atoms with E-state index in [1.807, 2.05) is 50.2 Å². The molecule has 9 nitrogen and oxygen atoms in total. The molecule has 3 heterocycles. The van der Waals surface area contributed by atoms with E-state index in [9.17, 15) is 14.4 Å². The molecule has 0 saturated heterocycles. The van der Waals surface area contributed by atoms with Gasteiger partial charge in [-0.25, -0.2) is 4.79 Å². The molecule has 3 aromatic heterocycles. The highest BCUT2D eigenvalue weighted by molar-refractivity contribution is 5.91. The summed E-state index contributed by atoms with van der Waals surface area (Å²) >= 11 is 0. The van der Waals surface area contributed by atoms with Crippen molar-refractivity contribution in [1.29, 1.82) is 0 Å². The average Bonchev–Trinajstić information content (AvgIpc) is 3.24. The number of nitrogens with zero attached hydrogens (tertiary/aromatic N) is 5. The number of primary amides is 1. The molecule has 0 aliphatic rings. The predicted octanol–water partition coefficient (Wildman–Crippen LogP) is 2.76. The molecule has 1 amide bonds. The maximum absolute atomic E-state index is 13.7. The van der Waals surface area contributed by atoms with E-state index in [2.05, 4.69) is 11.1 Å². The molecule has 2 aromatic carbocycles. The number of rotatable bonds is 7. The van der Waals surface area contributed by atoms with E-state index in [0.717, 1.165) is 26.5 Å². The molecule has 5 rings (SSSR count). The van der Waals surface area contributed by atoms with Gasteiger partial charge in [-0.1, -0.05) is 56.3 Å². The van der Waals surface area contributed by atoms with Gasteiger partial charge < -0.3 is 5.73 Å². The van der Waals surface area contributed by atoms with E-state index >= 15 is 0 Å². The van der Waals surface area contributed by atoms with Gasteiger partial charge in [0.2, 0.25) is 5.91 Å². The monoisotopic (exact) mass is 482 g/mol. The van der Waals surface area contributed by atoms with Crippen LogP contribution in [0.5, 0.6) is 0 Å². The molecule has 5 aromatic rings. The molecule has 0 fully saturated rings. The molecule has 0 saturated carbocycles. The van der Waals surface area contributed by atoms with E-state index < -0.39 is 23.7 Å². The highest BCUT2D eigenvalue weighted by Crippen LogP contribution is 2.28. The largest absolute Gasteiger partial charge is 0.368 e. The second kappa shape index (κ2) is 9.26. The first-order chi connectivity index (χ1) is 17.3. The Labute approximate surface area is 206 Å². The number of carbonyl (C=O) groups excluding carboxylic acids is 1. The van der Waals surface area contributed by atoms with Crippen molar-refractivity contribution < 1.29 is 4.79 Å². The standard InChI is InChI=1S/C27H26N6O3/c1-17(2)14-31-25-23(26(35)32(27(31)36)16-22(28)34)24(19-10-12-29-13-11-19)33(30-25)15-20-8-5-7-18-6-3-4-9-21(18)20/h3-13,17H,14-16H2,1-2H3,(H2,28,34). The molecular formula is C27H26N6O3. The third-order valence-electron chi connectivity index (χ3n) is 6.13. The Morgan fingerprint density at radius 3 is 2.42 bits per heavy atom. The van der Waals surface area contributed by atoms with E-state index in [4.69, 9.17) is 10.8 Å². The quantitative estimate of drug-likeness (QED) is 0.383. The van der Waals surface area contributed by atoms with Crippen molar-refractivity contribution in [3.05, 3.63) is 93.4 Å². The number of hydrogen-bond donors (Lipinski definition) is 1. The van der Waals surface area contributed by atoms with Gasteiger partial charge in [-0.2, -0.15) is 5.10 Å². The molecule has 9 heteroatoms. The Kier molecular flexibility index (Phi) is 5.97. The minimum absolute atomic E-state index is 0.0954. The van der Waals surface area contributed by atoms with E-state index in [-0.39, 0.29) is 17.0 Å². The van der Waals surface area contributed by atoms with Gasteiger partial charge in [0.15, 0.2) is 5.65 Å². The van der Waals surface area contributed by atoms with Crippen molar-refractivity contribution in [3.63, 3.8) is 0 Å². The van der Waals surface area contributed by atoms with Crippen molar-refractivity contribution in [2.45, 2.75) is 33.5 Å². The van der Waals surface area contributed by atoms with Crippen LogP contribution < -0.4 is 17.0 Å². The summed E-state index contributed by atoms with van der Waals surface area (Å²) in [4.78, 5) is 42.9. The third kappa shape index (κ3) is 4.08. The number of fused-ring (bicyclic) bond motifs is 2. The summed E-state index contributed by atoms with van der Waals surface area (Å²) in [6.45, 7) is 4.14. The average molecular weight is 483 g/mol. The molecule has 0 aliphatic carbocycles. The van der Waals surface area contributed by atoms with Gasteiger partial charge in [0, 0.05) is 24.5 Å². The Bertz CT molecular complexity index is 1710. The third-order valence-corrected chi connectivity index (χ3v) is 6.13. The number of carbonyl (C=O) groups is 1. The lowest BCUT2D eigenvalue weighted by molar-refractivity contribution is -0.118. The summed E-state index contributed by atoms with van der Waals surface area (Å²) in [5.74, 6) is -0.670. The van der Waals surface area contributed by atoms with Crippen LogP contribution in [0.3, 0.4) is 0 Å². The number of benzene rings is 2. The molecule has 2 N–H and O–H groups in total. The lowest BCUT2D eigenvalue weighted by Gasteiger charge is -2.12. The first kappa shape index (κ1) is 23.2. The zero-order valence-electron chi connectivity index (χ0n) is 20.1. The van der Waals surface area contributed by atoms with Gasteiger partial charge >= 0.3 is 5.69 Å². The Morgan fingerprint density at radius 1 is 0.972 bits per heavy atom. The van der Waals surface area contributed by atoms with Gasteiger partial charge in [0.25, 0.3) is 5.56 Å². The zero-order chi connectivity index (χ0) is 25.4. The van der Waals surface area contributed by atoms with Crippen LogP contribution >= 0.6 is 0 Å². The van der Waals surface area contributed by atoms with Crippen LogP contribution in [0.4, 0.5) is 0 Å². The summed E-state index contributed by atoms with van der Waals surface area (Å²) in [7, 11) is 0. The molecule has 0 atom stereocenters. The summed E-state index contributed by atoms with van der Waals surface area (Å²) < 4.78 is 4.13. The lowest BCUT2D eigenvalue weighted by Crippen LogP contribution is -2.43. The first-order valence-electron chi connectivity index (χ1n) is 11.7. The molecule has 0 radical (unpaired) electrons. The van der Waals surface area contributed by atoms with Gasteiger partial charge in [-0.15, -0.1) is 0 Å². The van der Waals surface area contributed by atoms with Crippen molar-refractivity contribution in [1.82, 2.24) is 23.9 Å². The summed E-state index contributed by atoms with van der Waals surface area (Å²) in [6, 6.07) is 17.7. The van der Waals surface area contributed by atoms with Crippen LogP contribution in [-0.4, -0.2) is 29.8 Å². The minimum atomic E-state index is -0.766. The number of aromatic nitrogens is 5. The fraction of sp³-hybridized carbons (Fsp3) is 0.222. The van der Waals surface area contributed by atoms with Crippen molar-refractivity contribution in [3.8, 4) is 11.3 Å². The highest BCUT2D eigenvalue weighted by atomic mass is 16.2. The number of pyridine rings is 1. The van der Waals surface area contributed by atoms with Gasteiger partial charge in [-0.3, -0.25) is 28.4 Å². The lowest BCUT2D eigenvalue weighted by atomic mass is 10.0. The number of nitrogens with two attached hydrogens (primary N) is 1. The van der Waals surface area contributed by atoms with Crippen molar-refractivity contribution in [2.24, 2.45) is 11.7 Å². The normalized spacial score (nSPS) is 11.5. The van der Waals surface area contributed by atoms with Gasteiger partial charge in [0.1, 0.15) is 11.9 Å². The van der Waals surface area contributed by atoms with E-state index in [1.165, 1.54) is 4.57 Å².